The molecular formula is C5H8O3. The highest BCUT2D eigenvalue weighted by atomic mass is 17.2. The lowest BCUT2D eigenvalue weighted by Crippen LogP contribution is -1.97. The SMILES string of the molecule is CC=CC(=O)OOC. The molecule has 0 spiro atoms. The smallest absolute Gasteiger partial charge is 0.294 e. The topological polar surface area (TPSA) is 35.5 Å². The van der Waals surface area contributed by atoms with Crippen LogP contribution >= 0.6 is 0 Å². The van der Waals surface area contributed by atoms with Crippen LogP contribution in [-0.2, 0) is 14.6 Å². The van der Waals surface area contributed by atoms with Crippen LogP contribution in [0.3, 0.4) is 0 Å². The number of allylic oxidation sites excluding steroid dienone is 1. The van der Waals surface area contributed by atoms with Crippen LogP contribution in [0.15, 0.2) is 12.2 Å². The van der Waals surface area contributed by atoms with Gasteiger partial charge in [0.15, 0.2) is 0 Å². The van der Waals surface area contributed by atoms with Crippen LogP contribution in [0.1, 0.15) is 6.92 Å². The second-order valence-electron chi connectivity index (χ2n) is 1.07. The summed E-state index contributed by atoms with van der Waals surface area (Å²) in [6, 6.07) is 0. The minimum atomic E-state index is -0.491. The maximum atomic E-state index is 10.2. The Labute approximate surface area is 47.8 Å². The lowest BCUT2D eigenvalue weighted by atomic mass is 10.5. The van der Waals surface area contributed by atoms with Gasteiger partial charge in [-0.15, -0.1) is 0 Å². The van der Waals surface area contributed by atoms with E-state index in [2.05, 4.69) is 9.78 Å². The summed E-state index contributed by atoms with van der Waals surface area (Å²) in [6.07, 6.45) is 2.84. The molecule has 3 heteroatoms. The van der Waals surface area contributed by atoms with Crippen molar-refractivity contribution in [2.24, 2.45) is 0 Å². The Morgan fingerprint density at radius 3 is 2.62 bits per heavy atom. The van der Waals surface area contributed by atoms with E-state index in [4.69, 9.17) is 0 Å². The molecule has 0 aliphatic heterocycles. The largest absolute Gasteiger partial charge is 0.365 e. The minimum Gasteiger partial charge on any atom is -0.294 e. The summed E-state index contributed by atoms with van der Waals surface area (Å²) in [5, 5.41) is 0. The number of hydrogen-bond acceptors (Lipinski definition) is 3. The number of carbonyl (C=O) groups excluding carboxylic acids is 1. The molecule has 0 aromatic carbocycles. The van der Waals surface area contributed by atoms with Crippen molar-refractivity contribution in [3.05, 3.63) is 12.2 Å². The van der Waals surface area contributed by atoms with Crippen LogP contribution in [0.4, 0.5) is 0 Å². The van der Waals surface area contributed by atoms with Crippen LogP contribution in [0, 0.1) is 0 Å². The summed E-state index contributed by atoms with van der Waals surface area (Å²) in [7, 11) is 1.28. The van der Waals surface area contributed by atoms with Gasteiger partial charge in [-0.1, -0.05) is 6.08 Å². The third-order valence-electron chi connectivity index (χ3n) is 0.468. The molecule has 0 unspecified atom stereocenters. The molecular weight excluding hydrogens is 108 g/mol. The zero-order valence-corrected chi connectivity index (χ0v) is 4.88. The second-order valence-corrected chi connectivity index (χ2v) is 1.07. The molecule has 0 aliphatic carbocycles. The summed E-state index contributed by atoms with van der Waals surface area (Å²) in [6.45, 7) is 1.72. The van der Waals surface area contributed by atoms with E-state index >= 15 is 0 Å². The van der Waals surface area contributed by atoms with Gasteiger partial charge < -0.3 is 0 Å². The molecule has 0 amide bonds. The Hall–Kier alpha value is -0.830. The maximum Gasteiger partial charge on any atom is 0.365 e. The van der Waals surface area contributed by atoms with Gasteiger partial charge in [-0.25, -0.2) is 4.79 Å². The van der Waals surface area contributed by atoms with Crippen molar-refractivity contribution >= 4 is 5.97 Å². The summed E-state index contributed by atoms with van der Waals surface area (Å²) < 4.78 is 0. The fourth-order valence-electron chi connectivity index (χ4n) is 0.246. The summed E-state index contributed by atoms with van der Waals surface area (Å²) in [5.41, 5.74) is 0. The van der Waals surface area contributed by atoms with Crippen molar-refractivity contribution in [3.63, 3.8) is 0 Å². The van der Waals surface area contributed by atoms with Crippen molar-refractivity contribution in [2.45, 2.75) is 6.92 Å². The van der Waals surface area contributed by atoms with E-state index in [9.17, 15) is 4.79 Å². The van der Waals surface area contributed by atoms with Gasteiger partial charge in [-0.3, -0.25) is 4.89 Å². The normalized spacial score (nSPS) is 9.75. The predicted molar refractivity (Wildman–Crippen MR) is 27.9 cm³/mol. The third kappa shape index (κ3) is 3.36. The first kappa shape index (κ1) is 7.17. The van der Waals surface area contributed by atoms with Gasteiger partial charge in [-0.2, -0.15) is 4.89 Å². The molecule has 0 aromatic rings. The van der Waals surface area contributed by atoms with Crippen molar-refractivity contribution in [2.75, 3.05) is 7.11 Å². The summed E-state index contributed by atoms with van der Waals surface area (Å²) >= 11 is 0. The monoisotopic (exact) mass is 116 g/mol. The molecule has 0 rings (SSSR count). The molecule has 0 atom stereocenters. The standard InChI is InChI=1S/C5H8O3/c1-3-4-5(6)8-7-2/h3-4H,1-2H3. The van der Waals surface area contributed by atoms with Gasteiger partial charge in [0, 0.05) is 6.08 Å². The first-order valence-electron chi connectivity index (χ1n) is 2.18. The highest BCUT2D eigenvalue weighted by molar-refractivity contribution is 5.81. The van der Waals surface area contributed by atoms with Crippen LogP contribution in [0.5, 0.6) is 0 Å². The second kappa shape index (κ2) is 4.33. The fraction of sp³-hybridized carbons (Fsp3) is 0.400. The molecule has 0 radical (unpaired) electrons. The Balaban J connectivity index is 3.33. The Morgan fingerprint density at radius 2 is 2.25 bits per heavy atom. The highest BCUT2D eigenvalue weighted by Crippen LogP contribution is 1.78. The molecule has 8 heavy (non-hydrogen) atoms. The van der Waals surface area contributed by atoms with Crippen molar-refractivity contribution < 1.29 is 14.6 Å². The quantitative estimate of drug-likeness (QED) is 0.302. The maximum absolute atomic E-state index is 10.2. The zero-order chi connectivity index (χ0) is 6.41. The van der Waals surface area contributed by atoms with Crippen LogP contribution in [0.25, 0.3) is 0 Å². The molecule has 46 valence electrons. The molecule has 0 saturated carbocycles. The van der Waals surface area contributed by atoms with Crippen LogP contribution in [0.2, 0.25) is 0 Å². The first-order valence-corrected chi connectivity index (χ1v) is 2.18. The average Bonchev–Trinajstić information content (AvgIpc) is 1.68. The number of hydrogen-bond donors (Lipinski definition) is 0. The van der Waals surface area contributed by atoms with Gasteiger partial charge in [0.1, 0.15) is 0 Å². The fourth-order valence-corrected chi connectivity index (χ4v) is 0.246. The van der Waals surface area contributed by atoms with E-state index in [1.807, 2.05) is 0 Å². The highest BCUT2D eigenvalue weighted by Gasteiger charge is 1.90. The number of carbonyl (C=O) groups is 1. The molecule has 0 saturated heterocycles. The van der Waals surface area contributed by atoms with E-state index in [0.717, 1.165) is 0 Å². The van der Waals surface area contributed by atoms with Crippen molar-refractivity contribution in [1.29, 1.82) is 0 Å². The van der Waals surface area contributed by atoms with Gasteiger partial charge in [0.2, 0.25) is 0 Å². The zero-order valence-electron chi connectivity index (χ0n) is 4.88. The van der Waals surface area contributed by atoms with Gasteiger partial charge in [-0.05, 0) is 6.92 Å². The third-order valence-corrected chi connectivity index (χ3v) is 0.468. The average molecular weight is 116 g/mol. The van der Waals surface area contributed by atoms with Crippen LogP contribution < -0.4 is 0 Å². The molecule has 0 fully saturated rings. The Kier molecular flexibility index (Phi) is 3.88. The van der Waals surface area contributed by atoms with E-state index in [1.165, 1.54) is 13.2 Å². The Bertz CT molecular complexity index is 95.8. The van der Waals surface area contributed by atoms with E-state index < -0.39 is 5.97 Å². The molecule has 0 heterocycles. The number of rotatable bonds is 2. The minimum absolute atomic E-state index is 0.491. The van der Waals surface area contributed by atoms with Crippen LogP contribution in [-0.4, -0.2) is 13.1 Å². The first-order chi connectivity index (χ1) is 3.81. The Morgan fingerprint density at radius 1 is 1.62 bits per heavy atom. The lowest BCUT2D eigenvalue weighted by molar-refractivity contribution is -0.249. The van der Waals surface area contributed by atoms with Crippen molar-refractivity contribution in [3.8, 4) is 0 Å². The van der Waals surface area contributed by atoms with Gasteiger partial charge in [0.05, 0.1) is 7.11 Å². The van der Waals surface area contributed by atoms with Crippen molar-refractivity contribution in [1.82, 2.24) is 0 Å². The molecule has 0 aliphatic rings. The molecule has 0 N–H and O–H groups in total. The van der Waals surface area contributed by atoms with Gasteiger partial charge >= 0.3 is 5.97 Å². The molecule has 3 nitrogen and oxygen atoms in total. The predicted octanol–water partition coefficient (Wildman–Crippen LogP) is 0.667. The molecule has 0 aromatic heterocycles. The summed E-state index contributed by atoms with van der Waals surface area (Å²) in [4.78, 5) is 18.3. The summed E-state index contributed by atoms with van der Waals surface area (Å²) in [5.74, 6) is -0.491. The van der Waals surface area contributed by atoms with E-state index in [0.29, 0.717) is 0 Å². The lowest BCUT2D eigenvalue weighted by Gasteiger charge is -1.89. The van der Waals surface area contributed by atoms with Gasteiger partial charge in [0.25, 0.3) is 0 Å². The van der Waals surface area contributed by atoms with E-state index in [1.54, 1.807) is 13.0 Å². The molecule has 0 bridgehead atoms. The van der Waals surface area contributed by atoms with E-state index in [-0.39, 0.29) is 0 Å².